The molecule has 3 rings (SSSR count). The zero-order chi connectivity index (χ0) is 26.2. The molecule has 1 N–H and O–H groups in total. The van der Waals surface area contributed by atoms with Gasteiger partial charge < -0.3 is 24.4 Å². The van der Waals surface area contributed by atoms with Crippen LogP contribution in [0.4, 0.5) is 0 Å². The molecule has 1 amide bonds. The molecule has 0 aliphatic carbocycles. The third-order valence-corrected chi connectivity index (χ3v) is 7.00. The highest BCUT2D eigenvalue weighted by Crippen LogP contribution is 2.42. The molecule has 1 aliphatic rings. The van der Waals surface area contributed by atoms with Gasteiger partial charge in [-0.05, 0) is 49.3 Å². The van der Waals surface area contributed by atoms with E-state index < -0.39 is 17.7 Å². The van der Waals surface area contributed by atoms with Gasteiger partial charge in [-0.3, -0.25) is 9.59 Å². The third kappa shape index (κ3) is 6.10. The van der Waals surface area contributed by atoms with Gasteiger partial charge >= 0.3 is 0 Å². The number of likely N-dealkylation sites (N-methyl/N-ethyl adjacent to an activating group) is 1. The van der Waals surface area contributed by atoms with E-state index >= 15 is 0 Å². The number of halogens is 1. The molecule has 7 nitrogen and oxygen atoms in total. The van der Waals surface area contributed by atoms with Gasteiger partial charge in [0.25, 0.3) is 11.7 Å². The first-order valence-electron chi connectivity index (χ1n) is 12.4. The highest BCUT2D eigenvalue weighted by molar-refractivity contribution is 9.10. The lowest BCUT2D eigenvalue weighted by Crippen LogP contribution is -2.38. The molecule has 1 saturated heterocycles. The number of carbonyl (C=O) groups is 2. The van der Waals surface area contributed by atoms with Crippen LogP contribution in [0, 0.1) is 0 Å². The average Bonchev–Trinajstić information content (AvgIpc) is 3.14. The number of benzene rings is 2. The highest BCUT2D eigenvalue weighted by atomic mass is 79.9. The first kappa shape index (κ1) is 27.7. The number of ketones is 1. The molecule has 194 valence electrons. The minimum atomic E-state index is -0.747. The van der Waals surface area contributed by atoms with Crippen molar-refractivity contribution in [1.82, 2.24) is 9.80 Å². The van der Waals surface area contributed by atoms with Crippen molar-refractivity contribution in [3.63, 3.8) is 0 Å². The van der Waals surface area contributed by atoms with E-state index in [-0.39, 0.29) is 11.3 Å². The number of nitrogens with zero attached hydrogens (tertiary/aromatic N) is 2. The van der Waals surface area contributed by atoms with Crippen LogP contribution in [-0.2, 0) is 9.59 Å². The van der Waals surface area contributed by atoms with Crippen LogP contribution in [0.15, 0.2) is 52.5 Å². The lowest BCUT2D eigenvalue weighted by Gasteiger charge is -2.28. The molecule has 36 heavy (non-hydrogen) atoms. The molecule has 0 radical (unpaired) electrons. The summed E-state index contributed by atoms with van der Waals surface area (Å²) in [5.41, 5.74) is 1.21. The normalized spacial score (nSPS) is 17.2. The molecule has 1 unspecified atom stereocenters. The SMILES string of the molecule is CCCCOc1ccc(C2/C(=C(\O)c3ccc(Br)cc3)C(=O)C(=O)N2CCN(CC)CC)cc1OC. The Labute approximate surface area is 221 Å². The van der Waals surface area contributed by atoms with Gasteiger partial charge in [-0.1, -0.05) is 61.3 Å². The molecule has 1 aliphatic heterocycles. The zero-order valence-corrected chi connectivity index (χ0v) is 23.0. The quantitative estimate of drug-likeness (QED) is 0.162. The van der Waals surface area contributed by atoms with E-state index in [1.807, 2.05) is 6.07 Å². The summed E-state index contributed by atoms with van der Waals surface area (Å²) in [4.78, 5) is 30.2. The van der Waals surface area contributed by atoms with Crippen LogP contribution >= 0.6 is 15.9 Å². The Morgan fingerprint density at radius 1 is 1.06 bits per heavy atom. The van der Waals surface area contributed by atoms with Gasteiger partial charge in [0.05, 0.1) is 25.3 Å². The van der Waals surface area contributed by atoms with Gasteiger partial charge in [-0.15, -0.1) is 0 Å². The third-order valence-electron chi connectivity index (χ3n) is 6.47. The molecule has 2 aromatic carbocycles. The number of hydrogen-bond acceptors (Lipinski definition) is 6. The van der Waals surface area contributed by atoms with Crippen molar-refractivity contribution in [3.05, 3.63) is 63.6 Å². The van der Waals surface area contributed by atoms with Crippen LogP contribution in [0.3, 0.4) is 0 Å². The number of hydrogen-bond donors (Lipinski definition) is 1. The van der Waals surface area contributed by atoms with Crippen LogP contribution in [0.2, 0.25) is 0 Å². The van der Waals surface area contributed by atoms with E-state index in [9.17, 15) is 14.7 Å². The van der Waals surface area contributed by atoms with Crippen molar-refractivity contribution in [3.8, 4) is 11.5 Å². The van der Waals surface area contributed by atoms with E-state index in [0.717, 1.165) is 30.4 Å². The van der Waals surface area contributed by atoms with Crippen LogP contribution in [0.5, 0.6) is 11.5 Å². The predicted molar refractivity (Wildman–Crippen MR) is 144 cm³/mol. The van der Waals surface area contributed by atoms with Crippen LogP contribution < -0.4 is 9.47 Å². The molecule has 1 atom stereocenters. The second-order valence-corrected chi connectivity index (χ2v) is 9.55. The molecule has 8 heteroatoms. The van der Waals surface area contributed by atoms with Gasteiger partial charge in [-0.2, -0.15) is 0 Å². The smallest absolute Gasteiger partial charge is 0.295 e. The second kappa shape index (κ2) is 12.9. The molecular weight excluding hydrogens is 524 g/mol. The van der Waals surface area contributed by atoms with E-state index in [4.69, 9.17) is 9.47 Å². The van der Waals surface area contributed by atoms with E-state index in [2.05, 4.69) is 41.6 Å². The largest absolute Gasteiger partial charge is 0.507 e. The first-order chi connectivity index (χ1) is 17.4. The lowest BCUT2D eigenvalue weighted by molar-refractivity contribution is -0.140. The van der Waals surface area contributed by atoms with Crippen molar-refractivity contribution in [1.29, 1.82) is 0 Å². The molecule has 0 bridgehead atoms. The number of likely N-dealkylation sites (tertiary alicyclic amines) is 1. The standard InChI is InChI=1S/C28H35BrN2O5/c1-5-8-17-36-22-14-11-20(18-23(22)35-4)25-24(26(32)19-9-12-21(29)13-10-19)27(33)28(34)31(25)16-15-30(6-2)7-3/h9-14,18,25,32H,5-8,15-17H2,1-4H3/b26-24+. The van der Waals surface area contributed by atoms with Crippen molar-refractivity contribution in [2.75, 3.05) is 39.9 Å². The van der Waals surface area contributed by atoms with E-state index in [0.29, 0.717) is 42.3 Å². The molecule has 0 aromatic heterocycles. The Morgan fingerprint density at radius 3 is 2.36 bits per heavy atom. The van der Waals surface area contributed by atoms with Crippen molar-refractivity contribution in [2.24, 2.45) is 0 Å². The summed E-state index contributed by atoms with van der Waals surface area (Å²) in [6, 6.07) is 11.7. The summed E-state index contributed by atoms with van der Waals surface area (Å²) in [6.45, 7) is 9.42. The van der Waals surface area contributed by atoms with Crippen molar-refractivity contribution < 1.29 is 24.2 Å². The number of aliphatic hydroxyl groups excluding tert-OH is 1. The highest BCUT2D eigenvalue weighted by Gasteiger charge is 2.46. The summed E-state index contributed by atoms with van der Waals surface area (Å²) in [5, 5.41) is 11.2. The summed E-state index contributed by atoms with van der Waals surface area (Å²) in [6.07, 6.45) is 1.93. The molecule has 1 fully saturated rings. The van der Waals surface area contributed by atoms with Crippen molar-refractivity contribution >= 4 is 33.4 Å². The zero-order valence-electron chi connectivity index (χ0n) is 21.4. The second-order valence-electron chi connectivity index (χ2n) is 8.64. The van der Waals surface area contributed by atoms with Gasteiger partial charge in [0, 0.05) is 23.1 Å². The average molecular weight is 560 g/mol. The lowest BCUT2D eigenvalue weighted by atomic mass is 9.95. The fourth-order valence-electron chi connectivity index (χ4n) is 4.31. The molecule has 2 aromatic rings. The van der Waals surface area contributed by atoms with Crippen LogP contribution in [-0.4, -0.2) is 66.5 Å². The Hall–Kier alpha value is -2.84. The Kier molecular flexibility index (Phi) is 9.96. The number of unbranched alkanes of at least 4 members (excludes halogenated alkanes) is 1. The molecule has 1 heterocycles. The Balaban J connectivity index is 2.09. The number of carbonyl (C=O) groups excluding carboxylic acids is 2. The van der Waals surface area contributed by atoms with Crippen LogP contribution in [0.1, 0.15) is 50.8 Å². The Bertz CT molecular complexity index is 1100. The fourth-order valence-corrected chi connectivity index (χ4v) is 4.57. The van der Waals surface area contributed by atoms with Gasteiger partial charge in [0.15, 0.2) is 11.5 Å². The first-order valence-corrected chi connectivity index (χ1v) is 13.2. The molecule has 0 saturated carbocycles. The fraction of sp³-hybridized carbons (Fsp3) is 0.429. The maximum Gasteiger partial charge on any atom is 0.295 e. The number of ether oxygens (including phenoxy) is 2. The molecule has 0 spiro atoms. The number of aliphatic hydroxyl groups is 1. The maximum atomic E-state index is 13.3. The minimum Gasteiger partial charge on any atom is -0.507 e. The number of rotatable bonds is 12. The summed E-state index contributed by atoms with van der Waals surface area (Å²) in [7, 11) is 1.56. The summed E-state index contributed by atoms with van der Waals surface area (Å²) in [5.74, 6) is -0.391. The minimum absolute atomic E-state index is 0.0728. The van der Waals surface area contributed by atoms with Crippen molar-refractivity contribution in [2.45, 2.75) is 39.7 Å². The van der Waals surface area contributed by atoms with Gasteiger partial charge in [-0.25, -0.2) is 0 Å². The number of Topliss-reactive ketones (excluding diaryl/α,β-unsaturated/α-hetero) is 1. The Morgan fingerprint density at radius 2 is 1.75 bits per heavy atom. The monoisotopic (exact) mass is 558 g/mol. The van der Waals surface area contributed by atoms with E-state index in [1.165, 1.54) is 0 Å². The maximum absolute atomic E-state index is 13.3. The summed E-state index contributed by atoms with van der Waals surface area (Å²) >= 11 is 3.39. The topological polar surface area (TPSA) is 79.3 Å². The van der Waals surface area contributed by atoms with Gasteiger partial charge in [0.2, 0.25) is 0 Å². The number of methoxy groups -OCH3 is 1. The van der Waals surface area contributed by atoms with Gasteiger partial charge in [0.1, 0.15) is 5.76 Å². The predicted octanol–water partition coefficient (Wildman–Crippen LogP) is 5.40. The van der Waals surface area contributed by atoms with Crippen LogP contribution in [0.25, 0.3) is 5.76 Å². The van der Waals surface area contributed by atoms with E-state index in [1.54, 1.807) is 48.4 Å². The number of amides is 1. The summed E-state index contributed by atoms with van der Waals surface area (Å²) < 4.78 is 12.3. The molecular formula is C28H35BrN2O5.